The number of thioether (sulfide) groups is 1. The van der Waals surface area contributed by atoms with E-state index in [9.17, 15) is 4.79 Å². The zero-order valence-electron chi connectivity index (χ0n) is 15.9. The van der Waals surface area contributed by atoms with Gasteiger partial charge in [-0.25, -0.2) is 9.97 Å². The zero-order valence-corrected chi connectivity index (χ0v) is 17.5. The molecule has 1 saturated heterocycles. The van der Waals surface area contributed by atoms with Crippen molar-refractivity contribution in [3.8, 4) is 0 Å². The largest absolute Gasteiger partial charge is 0.337 e. The minimum absolute atomic E-state index is 0.253. The molecule has 6 heteroatoms. The summed E-state index contributed by atoms with van der Waals surface area (Å²) in [5, 5.41) is 2.24. The van der Waals surface area contributed by atoms with Crippen LogP contribution in [0.2, 0.25) is 0 Å². The lowest BCUT2D eigenvalue weighted by atomic mass is 9.97. The number of aromatic nitrogens is 2. The van der Waals surface area contributed by atoms with E-state index >= 15 is 0 Å². The summed E-state index contributed by atoms with van der Waals surface area (Å²) in [5.41, 5.74) is 1.45. The Kier molecular flexibility index (Phi) is 5.24. The lowest BCUT2D eigenvalue weighted by molar-refractivity contribution is -0.134. The van der Waals surface area contributed by atoms with Crippen molar-refractivity contribution in [3.05, 3.63) is 16.3 Å². The molecule has 0 bridgehead atoms. The van der Waals surface area contributed by atoms with Gasteiger partial charge in [0.2, 0.25) is 5.91 Å². The molecule has 2 aromatic heterocycles. The number of aryl methyl sites for hydroxylation is 3. The number of amides is 1. The van der Waals surface area contributed by atoms with Gasteiger partial charge < -0.3 is 4.90 Å². The number of piperidine rings is 1. The van der Waals surface area contributed by atoms with Crippen LogP contribution in [0.1, 0.15) is 62.2 Å². The Bertz CT molecular complexity index is 822. The third kappa shape index (κ3) is 3.38. The molecule has 1 fully saturated rings. The van der Waals surface area contributed by atoms with E-state index in [-0.39, 0.29) is 5.91 Å². The van der Waals surface area contributed by atoms with Crippen molar-refractivity contribution >= 4 is 39.2 Å². The number of carbonyl (C=O) groups excluding carboxylic acids is 1. The third-order valence-electron chi connectivity index (χ3n) is 5.71. The summed E-state index contributed by atoms with van der Waals surface area (Å²) in [5.74, 6) is 1.54. The van der Waals surface area contributed by atoms with Crippen LogP contribution in [0, 0.1) is 6.92 Å². The SMILES string of the molecule is Cc1nc(SCC(=O)N2[C@H](C)CCC[C@@H]2C)c2c3c(sc2n1)CCCC3. The van der Waals surface area contributed by atoms with E-state index in [1.54, 1.807) is 11.8 Å². The number of nitrogens with zero attached hydrogens (tertiary/aromatic N) is 3. The molecule has 26 heavy (non-hydrogen) atoms. The number of carbonyl (C=O) groups is 1. The molecule has 2 atom stereocenters. The van der Waals surface area contributed by atoms with Crippen LogP contribution in [0.5, 0.6) is 0 Å². The number of hydrogen-bond acceptors (Lipinski definition) is 5. The fraction of sp³-hybridized carbons (Fsp3) is 0.650. The summed E-state index contributed by atoms with van der Waals surface area (Å²) in [7, 11) is 0. The molecule has 2 aliphatic rings. The van der Waals surface area contributed by atoms with E-state index in [1.807, 2.05) is 18.3 Å². The molecule has 0 aromatic carbocycles. The summed E-state index contributed by atoms with van der Waals surface area (Å²) >= 11 is 3.44. The van der Waals surface area contributed by atoms with Crippen molar-refractivity contribution < 1.29 is 4.79 Å². The van der Waals surface area contributed by atoms with Crippen molar-refractivity contribution in [1.82, 2.24) is 14.9 Å². The van der Waals surface area contributed by atoms with Crippen molar-refractivity contribution in [2.24, 2.45) is 0 Å². The Labute approximate surface area is 163 Å². The molecule has 1 amide bonds. The Hall–Kier alpha value is -1.14. The van der Waals surface area contributed by atoms with E-state index in [1.165, 1.54) is 41.5 Å². The predicted octanol–water partition coefficient (Wildman–Crippen LogP) is 4.76. The molecule has 1 aliphatic carbocycles. The second kappa shape index (κ2) is 7.47. The van der Waals surface area contributed by atoms with Crippen LogP contribution >= 0.6 is 23.1 Å². The van der Waals surface area contributed by atoms with Gasteiger partial charge in [0.15, 0.2) is 0 Å². The van der Waals surface area contributed by atoms with E-state index in [4.69, 9.17) is 4.98 Å². The summed E-state index contributed by atoms with van der Waals surface area (Å²) < 4.78 is 0. The Balaban J connectivity index is 1.59. The highest BCUT2D eigenvalue weighted by Gasteiger charge is 2.29. The highest BCUT2D eigenvalue weighted by molar-refractivity contribution is 8.00. The van der Waals surface area contributed by atoms with Crippen molar-refractivity contribution in [1.29, 1.82) is 0 Å². The van der Waals surface area contributed by atoms with Crippen molar-refractivity contribution in [2.45, 2.75) is 82.8 Å². The van der Waals surface area contributed by atoms with Gasteiger partial charge in [0, 0.05) is 22.3 Å². The average Bonchev–Trinajstić information content (AvgIpc) is 2.97. The molecular weight excluding hydrogens is 362 g/mol. The van der Waals surface area contributed by atoms with Gasteiger partial charge in [0.05, 0.1) is 5.75 Å². The standard InChI is InChI=1S/C20H27N3OS2/c1-12-7-6-8-13(2)23(12)17(24)11-25-19-18-15-9-4-5-10-16(15)26-20(18)22-14(3)21-19/h12-13H,4-11H2,1-3H3/t12-,13+. The highest BCUT2D eigenvalue weighted by atomic mass is 32.2. The lowest BCUT2D eigenvalue weighted by Gasteiger charge is -2.39. The summed E-state index contributed by atoms with van der Waals surface area (Å²) in [6.07, 6.45) is 8.29. The van der Waals surface area contributed by atoms with Crippen LogP contribution < -0.4 is 0 Å². The Morgan fingerprint density at radius 2 is 1.88 bits per heavy atom. The maximum Gasteiger partial charge on any atom is 0.233 e. The lowest BCUT2D eigenvalue weighted by Crippen LogP contribution is -2.48. The van der Waals surface area contributed by atoms with Gasteiger partial charge in [-0.1, -0.05) is 11.8 Å². The Morgan fingerprint density at radius 3 is 2.65 bits per heavy atom. The van der Waals surface area contributed by atoms with Crippen LogP contribution in [0.4, 0.5) is 0 Å². The molecule has 4 nitrogen and oxygen atoms in total. The van der Waals surface area contributed by atoms with E-state index in [0.29, 0.717) is 17.8 Å². The van der Waals surface area contributed by atoms with Gasteiger partial charge in [-0.2, -0.15) is 0 Å². The minimum Gasteiger partial charge on any atom is -0.337 e. The first-order chi connectivity index (χ1) is 12.5. The molecule has 0 spiro atoms. The van der Waals surface area contributed by atoms with Crippen molar-refractivity contribution in [2.75, 3.05) is 5.75 Å². The van der Waals surface area contributed by atoms with Crippen LogP contribution in [0.3, 0.4) is 0 Å². The molecule has 0 unspecified atom stereocenters. The number of fused-ring (bicyclic) bond motifs is 3. The molecule has 3 heterocycles. The molecule has 0 radical (unpaired) electrons. The predicted molar refractivity (Wildman–Crippen MR) is 109 cm³/mol. The van der Waals surface area contributed by atoms with Crippen molar-refractivity contribution in [3.63, 3.8) is 0 Å². The first kappa shape index (κ1) is 18.2. The second-order valence-corrected chi connectivity index (χ2v) is 9.73. The molecule has 1 aliphatic heterocycles. The van der Waals surface area contributed by atoms with E-state index in [2.05, 4.69) is 23.7 Å². The smallest absolute Gasteiger partial charge is 0.233 e. The average molecular weight is 390 g/mol. The molecule has 4 rings (SSSR count). The maximum absolute atomic E-state index is 12.9. The first-order valence-electron chi connectivity index (χ1n) is 9.77. The number of likely N-dealkylation sites (tertiary alicyclic amines) is 1. The van der Waals surface area contributed by atoms with E-state index < -0.39 is 0 Å². The molecule has 140 valence electrons. The fourth-order valence-electron chi connectivity index (χ4n) is 4.45. The maximum atomic E-state index is 12.9. The van der Waals surface area contributed by atoms with Gasteiger partial charge in [-0.05, 0) is 71.3 Å². The summed E-state index contributed by atoms with van der Waals surface area (Å²) in [6, 6.07) is 0.709. The van der Waals surface area contributed by atoms with Gasteiger partial charge in [0.25, 0.3) is 0 Å². The summed E-state index contributed by atoms with van der Waals surface area (Å²) in [4.78, 5) is 27.0. The third-order valence-corrected chi connectivity index (χ3v) is 7.85. The molecular formula is C20H27N3OS2. The highest BCUT2D eigenvalue weighted by Crippen LogP contribution is 2.39. The van der Waals surface area contributed by atoms with E-state index in [0.717, 1.165) is 34.9 Å². The number of hydrogen-bond donors (Lipinski definition) is 0. The topological polar surface area (TPSA) is 46.1 Å². The summed E-state index contributed by atoms with van der Waals surface area (Å²) in [6.45, 7) is 6.32. The van der Waals surface area contributed by atoms with Gasteiger partial charge in [-0.15, -0.1) is 11.3 Å². The monoisotopic (exact) mass is 389 g/mol. The normalized spacial score (nSPS) is 23.3. The quantitative estimate of drug-likeness (QED) is 0.561. The zero-order chi connectivity index (χ0) is 18.3. The first-order valence-corrected chi connectivity index (χ1v) is 11.6. The van der Waals surface area contributed by atoms with Crippen LogP contribution in [-0.2, 0) is 17.6 Å². The van der Waals surface area contributed by atoms with Crippen LogP contribution in [-0.4, -0.2) is 38.6 Å². The molecule has 0 N–H and O–H groups in total. The number of rotatable bonds is 3. The molecule has 2 aromatic rings. The second-order valence-electron chi connectivity index (χ2n) is 7.69. The van der Waals surface area contributed by atoms with Gasteiger partial charge in [0.1, 0.15) is 15.7 Å². The van der Waals surface area contributed by atoms with Crippen LogP contribution in [0.25, 0.3) is 10.2 Å². The number of thiophene rings is 1. The van der Waals surface area contributed by atoms with Crippen LogP contribution in [0.15, 0.2) is 5.03 Å². The molecule has 0 saturated carbocycles. The van der Waals surface area contributed by atoms with Gasteiger partial charge >= 0.3 is 0 Å². The Morgan fingerprint density at radius 1 is 1.15 bits per heavy atom. The minimum atomic E-state index is 0.253. The fourth-order valence-corrected chi connectivity index (χ4v) is 6.79. The van der Waals surface area contributed by atoms with Gasteiger partial charge in [-0.3, -0.25) is 4.79 Å².